The molecule has 2 aliphatic rings. The van der Waals surface area contributed by atoms with Gasteiger partial charge in [0, 0.05) is 37.6 Å². The Labute approximate surface area is 152 Å². The van der Waals surface area contributed by atoms with Crippen LogP contribution in [0, 0.1) is 0 Å². The van der Waals surface area contributed by atoms with Crippen molar-refractivity contribution in [2.45, 2.75) is 25.8 Å². The summed E-state index contributed by atoms with van der Waals surface area (Å²) in [5, 5.41) is 3.28. The zero-order valence-corrected chi connectivity index (χ0v) is 14.8. The average Bonchev–Trinajstić information content (AvgIpc) is 2.82. The van der Waals surface area contributed by atoms with Crippen molar-refractivity contribution in [2.24, 2.45) is 4.99 Å². The fourth-order valence-corrected chi connectivity index (χ4v) is 3.57. The summed E-state index contributed by atoms with van der Waals surface area (Å²) in [7, 11) is 0. The average molecular weight is 349 g/mol. The number of nitrogens with one attached hydrogen (secondary N) is 1. The second-order valence-corrected chi connectivity index (χ2v) is 6.81. The van der Waals surface area contributed by atoms with E-state index in [0.29, 0.717) is 5.82 Å². The fraction of sp³-hybridized carbons (Fsp3) is 0.350. The van der Waals surface area contributed by atoms with Crippen molar-refractivity contribution in [3.05, 3.63) is 69.8 Å². The van der Waals surface area contributed by atoms with Gasteiger partial charge in [-0.25, -0.2) is 9.67 Å². The van der Waals surface area contributed by atoms with Gasteiger partial charge in [0.1, 0.15) is 0 Å². The van der Waals surface area contributed by atoms with Crippen LogP contribution in [0.3, 0.4) is 0 Å². The van der Waals surface area contributed by atoms with Gasteiger partial charge in [0.2, 0.25) is 0 Å². The summed E-state index contributed by atoms with van der Waals surface area (Å²) in [4.78, 5) is 23.8. The molecule has 0 unspecified atom stereocenters. The van der Waals surface area contributed by atoms with E-state index < -0.39 is 0 Å². The lowest BCUT2D eigenvalue weighted by molar-refractivity contribution is 0.289. The van der Waals surface area contributed by atoms with Crippen LogP contribution < -0.4 is 5.56 Å². The molecule has 0 fully saturated rings. The highest BCUT2D eigenvalue weighted by Crippen LogP contribution is 2.20. The number of allylic oxidation sites excluding steroid dienone is 1. The maximum Gasteiger partial charge on any atom is 0.276 e. The maximum absolute atomic E-state index is 12.8. The zero-order chi connectivity index (χ0) is 17.9. The van der Waals surface area contributed by atoms with Crippen LogP contribution in [0.25, 0.3) is 5.82 Å². The van der Waals surface area contributed by atoms with Gasteiger partial charge in [0.15, 0.2) is 5.82 Å². The molecule has 134 valence electrons. The number of hydrogen-bond acceptors (Lipinski definition) is 4. The van der Waals surface area contributed by atoms with Crippen LogP contribution in [0.4, 0.5) is 0 Å². The quantitative estimate of drug-likeness (QED) is 0.924. The molecule has 4 heterocycles. The predicted molar refractivity (Wildman–Crippen MR) is 103 cm³/mol. The lowest BCUT2D eigenvalue weighted by atomic mass is 10.0. The van der Waals surface area contributed by atoms with Gasteiger partial charge >= 0.3 is 0 Å². The Hall–Kier alpha value is -2.73. The molecule has 0 aromatic carbocycles. The number of aliphatic imine (C=N–C) groups is 1. The number of nitrogens with zero attached hydrogens (tertiary/aromatic N) is 4. The van der Waals surface area contributed by atoms with Gasteiger partial charge in [-0.3, -0.25) is 19.8 Å². The Morgan fingerprint density at radius 1 is 1.27 bits per heavy atom. The topological polar surface area (TPSA) is 66.3 Å². The highest BCUT2D eigenvalue weighted by Gasteiger charge is 2.22. The molecule has 2 aliphatic heterocycles. The molecule has 0 atom stereocenters. The summed E-state index contributed by atoms with van der Waals surface area (Å²) >= 11 is 0. The Balaban J connectivity index is 1.59. The summed E-state index contributed by atoms with van der Waals surface area (Å²) < 4.78 is 1.56. The molecule has 2 aromatic rings. The Kier molecular flexibility index (Phi) is 4.67. The molecule has 0 bridgehead atoms. The van der Waals surface area contributed by atoms with Crippen molar-refractivity contribution in [3.63, 3.8) is 0 Å². The van der Waals surface area contributed by atoms with Gasteiger partial charge in [0.05, 0.1) is 5.69 Å². The molecule has 6 nitrogen and oxygen atoms in total. The highest BCUT2D eigenvalue weighted by atomic mass is 16.1. The molecular weight excluding hydrogens is 326 g/mol. The Bertz CT molecular complexity index is 919. The Morgan fingerprint density at radius 2 is 2.19 bits per heavy atom. The molecule has 1 N–H and O–H groups in total. The summed E-state index contributed by atoms with van der Waals surface area (Å²) in [5.74, 6) is 0.633. The monoisotopic (exact) mass is 349 g/mol. The van der Waals surface area contributed by atoms with Crippen molar-refractivity contribution in [1.29, 1.82) is 0 Å². The molecule has 0 saturated heterocycles. The second kappa shape index (κ2) is 7.25. The van der Waals surface area contributed by atoms with Crippen LogP contribution in [0.5, 0.6) is 0 Å². The SMILES string of the molecule is C=C1CCN=CC=C1CN1CCCc2c([nH]n(-c3ccccn3)c2=O)C1. The van der Waals surface area contributed by atoms with Gasteiger partial charge in [-0.15, -0.1) is 0 Å². The first-order valence-electron chi connectivity index (χ1n) is 9.06. The number of aromatic amines is 1. The minimum absolute atomic E-state index is 0.0192. The molecule has 0 aliphatic carbocycles. The van der Waals surface area contributed by atoms with Gasteiger partial charge < -0.3 is 0 Å². The molecule has 4 rings (SSSR count). The number of hydrogen-bond donors (Lipinski definition) is 1. The maximum atomic E-state index is 12.8. The van der Waals surface area contributed by atoms with E-state index in [2.05, 4.69) is 32.6 Å². The molecular formula is C20H23N5O. The van der Waals surface area contributed by atoms with Crippen molar-refractivity contribution in [3.8, 4) is 5.82 Å². The van der Waals surface area contributed by atoms with Crippen molar-refractivity contribution >= 4 is 6.21 Å². The number of aromatic nitrogens is 3. The molecule has 0 spiro atoms. The van der Waals surface area contributed by atoms with Crippen LogP contribution >= 0.6 is 0 Å². The Morgan fingerprint density at radius 3 is 3.04 bits per heavy atom. The normalized spacial score (nSPS) is 18.2. The lowest BCUT2D eigenvalue weighted by Gasteiger charge is -2.22. The van der Waals surface area contributed by atoms with E-state index in [1.54, 1.807) is 10.9 Å². The van der Waals surface area contributed by atoms with Gasteiger partial charge in [-0.1, -0.05) is 12.6 Å². The number of pyridine rings is 1. The summed E-state index contributed by atoms with van der Waals surface area (Å²) in [6.45, 7) is 7.54. The van der Waals surface area contributed by atoms with Crippen molar-refractivity contribution < 1.29 is 0 Å². The smallest absolute Gasteiger partial charge is 0.276 e. The molecule has 0 amide bonds. The van der Waals surface area contributed by atoms with E-state index in [0.717, 1.165) is 62.3 Å². The minimum atomic E-state index is 0.0192. The predicted octanol–water partition coefficient (Wildman–Crippen LogP) is 2.27. The van der Waals surface area contributed by atoms with Crippen LogP contribution in [0.15, 0.2) is 58.0 Å². The largest absolute Gasteiger partial charge is 0.293 e. The second-order valence-electron chi connectivity index (χ2n) is 6.81. The van der Waals surface area contributed by atoms with Crippen LogP contribution in [0.1, 0.15) is 24.1 Å². The van der Waals surface area contributed by atoms with Crippen molar-refractivity contribution in [1.82, 2.24) is 19.7 Å². The van der Waals surface area contributed by atoms with E-state index in [9.17, 15) is 4.79 Å². The molecule has 26 heavy (non-hydrogen) atoms. The summed E-state index contributed by atoms with van der Waals surface area (Å²) in [6.07, 6.45) is 8.33. The molecule has 0 radical (unpaired) electrons. The van der Waals surface area contributed by atoms with Crippen molar-refractivity contribution in [2.75, 3.05) is 19.6 Å². The zero-order valence-electron chi connectivity index (χ0n) is 14.8. The third-order valence-electron chi connectivity index (χ3n) is 5.01. The standard InChI is InChI=1S/C20H23N5O/c1-15-7-10-21-11-8-16(15)13-24-12-4-5-17-18(14-24)23-25(20(17)26)19-6-2-3-9-22-19/h2-3,6,8-9,11,23H,1,4-5,7,10,12-14H2. The summed E-state index contributed by atoms with van der Waals surface area (Å²) in [6, 6.07) is 5.58. The number of H-pyrrole nitrogens is 1. The molecule has 2 aromatic heterocycles. The third-order valence-corrected chi connectivity index (χ3v) is 5.01. The lowest BCUT2D eigenvalue weighted by Crippen LogP contribution is -2.26. The van der Waals surface area contributed by atoms with E-state index in [1.807, 2.05) is 24.4 Å². The van der Waals surface area contributed by atoms with Crippen LogP contribution in [-0.2, 0) is 13.0 Å². The number of fused-ring (bicyclic) bond motifs is 1. The highest BCUT2D eigenvalue weighted by molar-refractivity contribution is 5.74. The van der Waals surface area contributed by atoms with E-state index in [4.69, 9.17) is 0 Å². The number of rotatable bonds is 3. The van der Waals surface area contributed by atoms with Crippen LogP contribution in [-0.4, -0.2) is 45.5 Å². The first kappa shape index (κ1) is 16.7. The van der Waals surface area contributed by atoms with E-state index in [-0.39, 0.29) is 5.56 Å². The fourth-order valence-electron chi connectivity index (χ4n) is 3.57. The van der Waals surface area contributed by atoms with Gasteiger partial charge in [0.25, 0.3) is 5.56 Å². The van der Waals surface area contributed by atoms with Gasteiger partial charge in [-0.2, -0.15) is 0 Å². The minimum Gasteiger partial charge on any atom is -0.293 e. The first-order valence-corrected chi connectivity index (χ1v) is 9.06. The van der Waals surface area contributed by atoms with E-state index >= 15 is 0 Å². The van der Waals surface area contributed by atoms with Crippen LogP contribution in [0.2, 0.25) is 0 Å². The third kappa shape index (κ3) is 3.32. The van der Waals surface area contributed by atoms with Gasteiger partial charge in [-0.05, 0) is 55.2 Å². The molecule has 6 heteroatoms. The first-order chi connectivity index (χ1) is 12.7. The molecule has 0 saturated carbocycles. The summed E-state index contributed by atoms with van der Waals surface area (Å²) in [5.41, 5.74) is 4.29. The van der Waals surface area contributed by atoms with E-state index in [1.165, 1.54) is 5.57 Å².